The predicted molar refractivity (Wildman–Crippen MR) is 50.0 cm³/mol. The van der Waals surface area contributed by atoms with Gasteiger partial charge in [0.1, 0.15) is 0 Å². The van der Waals surface area contributed by atoms with E-state index in [1.54, 1.807) is 18.0 Å². The third-order valence-corrected chi connectivity index (χ3v) is 3.16. The zero-order valence-corrected chi connectivity index (χ0v) is 7.68. The summed E-state index contributed by atoms with van der Waals surface area (Å²) in [5, 5.41) is 0.978. The molecule has 1 fully saturated rings. The van der Waals surface area contributed by atoms with Crippen LogP contribution in [0.25, 0.3) is 0 Å². The summed E-state index contributed by atoms with van der Waals surface area (Å²) in [6, 6.07) is 0.361. The number of nitrogens with two attached hydrogens (primary N) is 1. The fourth-order valence-electron chi connectivity index (χ4n) is 1.17. The maximum Gasteiger partial charge on any atom is 0.165 e. The summed E-state index contributed by atoms with van der Waals surface area (Å²) in [6.07, 6.45) is 6.25. The summed E-state index contributed by atoms with van der Waals surface area (Å²) in [6.45, 7) is 0. The monoisotopic (exact) mass is 183 g/mol. The van der Waals surface area contributed by atoms with E-state index in [0.717, 1.165) is 16.8 Å². The van der Waals surface area contributed by atoms with Gasteiger partial charge in [0.05, 0.1) is 0 Å². The SMILES string of the molecule is NC(CSc1ncc[nH]1)C1CC1. The minimum Gasteiger partial charge on any atom is -0.340 e. The van der Waals surface area contributed by atoms with Crippen LogP contribution >= 0.6 is 11.8 Å². The zero-order chi connectivity index (χ0) is 8.39. The van der Waals surface area contributed by atoms with E-state index in [1.165, 1.54) is 12.8 Å². The molecule has 0 amide bonds. The summed E-state index contributed by atoms with van der Waals surface area (Å²) in [5.74, 6) is 1.77. The number of aromatic amines is 1. The molecule has 1 aliphatic carbocycles. The minimum atomic E-state index is 0.361. The van der Waals surface area contributed by atoms with Crippen LogP contribution in [0.5, 0.6) is 0 Å². The molecule has 1 saturated carbocycles. The molecule has 1 aromatic heterocycles. The van der Waals surface area contributed by atoms with Crippen LogP contribution in [0.2, 0.25) is 0 Å². The molecule has 1 aromatic rings. The predicted octanol–water partition coefficient (Wildman–Crippen LogP) is 1.24. The van der Waals surface area contributed by atoms with Gasteiger partial charge >= 0.3 is 0 Å². The summed E-state index contributed by atoms with van der Waals surface area (Å²) in [4.78, 5) is 7.17. The van der Waals surface area contributed by atoms with Crippen molar-refractivity contribution in [3.8, 4) is 0 Å². The lowest BCUT2D eigenvalue weighted by Gasteiger charge is -2.06. The molecule has 0 aromatic carbocycles. The van der Waals surface area contributed by atoms with Gasteiger partial charge in [0, 0.05) is 24.2 Å². The Hall–Kier alpha value is -0.480. The van der Waals surface area contributed by atoms with Gasteiger partial charge in [-0.25, -0.2) is 4.98 Å². The quantitative estimate of drug-likeness (QED) is 0.690. The fraction of sp³-hybridized carbons (Fsp3) is 0.625. The van der Waals surface area contributed by atoms with Crippen molar-refractivity contribution in [2.75, 3.05) is 5.75 Å². The minimum absolute atomic E-state index is 0.361. The van der Waals surface area contributed by atoms with Gasteiger partial charge in [0.15, 0.2) is 5.16 Å². The molecule has 66 valence electrons. The van der Waals surface area contributed by atoms with Crippen LogP contribution in [0.4, 0.5) is 0 Å². The number of nitrogens with one attached hydrogen (secondary N) is 1. The van der Waals surface area contributed by atoms with Gasteiger partial charge in [0.2, 0.25) is 0 Å². The first-order valence-corrected chi connectivity index (χ1v) is 5.22. The Labute approximate surface area is 76.1 Å². The molecule has 1 aliphatic rings. The van der Waals surface area contributed by atoms with E-state index in [4.69, 9.17) is 5.73 Å². The number of aromatic nitrogens is 2. The average molecular weight is 183 g/mol. The number of rotatable bonds is 4. The molecule has 0 saturated heterocycles. The van der Waals surface area contributed by atoms with Crippen molar-refractivity contribution in [2.45, 2.75) is 24.0 Å². The van der Waals surface area contributed by atoms with Crippen LogP contribution in [-0.4, -0.2) is 21.8 Å². The third-order valence-electron chi connectivity index (χ3n) is 2.11. The molecule has 2 rings (SSSR count). The highest BCUT2D eigenvalue weighted by atomic mass is 32.2. The van der Waals surface area contributed by atoms with Gasteiger partial charge in [0.25, 0.3) is 0 Å². The van der Waals surface area contributed by atoms with Crippen LogP contribution in [0, 0.1) is 5.92 Å². The normalized spacial score (nSPS) is 19.4. The highest BCUT2D eigenvalue weighted by molar-refractivity contribution is 7.99. The lowest BCUT2D eigenvalue weighted by atomic mass is 10.2. The van der Waals surface area contributed by atoms with E-state index in [2.05, 4.69) is 9.97 Å². The molecule has 3 N–H and O–H groups in total. The van der Waals surface area contributed by atoms with E-state index in [0.29, 0.717) is 6.04 Å². The molecular formula is C8H13N3S. The maximum atomic E-state index is 5.93. The molecule has 0 bridgehead atoms. The number of imidazole rings is 1. The van der Waals surface area contributed by atoms with Crippen molar-refractivity contribution in [2.24, 2.45) is 11.7 Å². The van der Waals surface area contributed by atoms with Crippen LogP contribution < -0.4 is 5.73 Å². The van der Waals surface area contributed by atoms with E-state index >= 15 is 0 Å². The lowest BCUT2D eigenvalue weighted by molar-refractivity contribution is 0.658. The van der Waals surface area contributed by atoms with Gasteiger partial charge in [-0.05, 0) is 18.8 Å². The molecule has 0 radical (unpaired) electrons. The third kappa shape index (κ3) is 2.01. The molecule has 4 heteroatoms. The molecule has 0 aliphatic heterocycles. The molecule has 12 heavy (non-hydrogen) atoms. The molecule has 3 nitrogen and oxygen atoms in total. The van der Waals surface area contributed by atoms with Gasteiger partial charge in [-0.15, -0.1) is 0 Å². The number of hydrogen-bond acceptors (Lipinski definition) is 3. The van der Waals surface area contributed by atoms with Crippen LogP contribution in [0.15, 0.2) is 17.6 Å². The Bertz CT molecular complexity index is 230. The Morgan fingerprint density at radius 1 is 1.75 bits per heavy atom. The Morgan fingerprint density at radius 3 is 3.17 bits per heavy atom. The van der Waals surface area contributed by atoms with E-state index in [1.807, 2.05) is 6.20 Å². The van der Waals surface area contributed by atoms with Crippen LogP contribution in [-0.2, 0) is 0 Å². The molecular weight excluding hydrogens is 170 g/mol. The number of thioether (sulfide) groups is 1. The van der Waals surface area contributed by atoms with Crippen LogP contribution in [0.1, 0.15) is 12.8 Å². The summed E-state index contributed by atoms with van der Waals surface area (Å²) < 4.78 is 0. The van der Waals surface area contributed by atoms with Gasteiger partial charge < -0.3 is 10.7 Å². The van der Waals surface area contributed by atoms with Crippen molar-refractivity contribution in [1.82, 2.24) is 9.97 Å². The van der Waals surface area contributed by atoms with E-state index in [9.17, 15) is 0 Å². The van der Waals surface area contributed by atoms with Gasteiger partial charge in [-0.1, -0.05) is 11.8 Å². The first kappa shape index (κ1) is 8.13. The molecule has 0 spiro atoms. The first-order valence-electron chi connectivity index (χ1n) is 4.24. The second kappa shape index (κ2) is 3.49. The fourth-order valence-corrected chi connectivity index (χ4v) is 2.07. The van der Waals surface area contributed by atoms with Crippen molar-refractivity contribution in [1.29, 1.82) is 0 Å². The summed E-state index contributed by atoms with van der Waals surface area (Å²) >= 11 is 1.71. The molecule has 1 unspecified atom stereocenters. The zero-order valence-electron chi connectivity index (χ0n) is 6.86. The number of hydrogen-bond donors (Lipinski definition) is 2. The number of nitrogens with zero attached hydrogens (tertiary/aromatic N) is 1. The summed E-state index contributed by atoms with van der Waals surface area (Å²) in [5.41, 5.74) is 5.93. The Morgan fingerprint density at radius 2 is 2.58 bits per heavy atom. The van der Waals surface area contributed by atoms with E-state index in [-0.39, 0.29) is 0 Å². The second-order valence-electron chi connectivity index (χ2n) is 3.21. The lowest BCUT2D eigenvalue weighted by Crippen LogP contribution is -2.25. The second-order valence-corrected chi connectivity index (χ2v) is 4.22. The van der Waals surface area contributed by atoms with Crippen molar-refractivity contribution in [3.05, 3.63) is 12.4 Å². The largest absolute Gasteiger partial charge is 0.340 e. The highest BCUT2D eigenvalue weighted by Gasteiger charge is 2.28. The average Bonchev–Trinajstić information content (AvgIpc) is 2.80. The Balaban J connectivity index is 1.74. The topological polar surface area (TPSA) is 54.7 Å². The molecule has 1 atom stereocenters. The van der Waals surface area contributed by atoms with Gasteiger partial charge in [-0.2, -0.15) is 0 Å². The van der Waals surface area contributed by atoms with Crippen molar-refractivity contribution in [3.63, 3.8) is 0 Å². The Kier molecular flexibility index (Phi) is 2.37. The van der Waals surface area contributed by atoms with Crippen molar-refractivity contribution < 1.29 is 0 Å². The highest BCUT2D eigenvalue weighted by Crippen LogP contribution is 2.33. The number of H-pyrrole nitrogens is 1. The van der Waals surface area contributed by atoms with Crippen molar-refractivity contribution >= 4 is 11.8 Å². The maximum absolute atomic E-state index is 5.93. The summed E-state index contributed by atoms with van der Waals surface area (Å²) in [7, 11) is 0. The first-order chi connectivity index (χ1) is 5.86. The van der Waals surface area contributed by atoms with E-state index < -0.39 is 0 Å². The smallest absolute Gasteiger partial charge is 0.165 e. The molecule has 1 heterocycles. The van der Waals surface area contributed by atoms with Crippen LogP contribution in [0.3, 0.4) is 0 Å². The van der Waals surface area contributed by atoms with Gasteiger partial charge in [-0.3, -0.25) is 0 Å². The standard InChI is InChI=1S/C8H13N3S/c9-7(6-1-2-6)5-12-8-10-3-4-11-8/h3-4,6-7H,1-2,5,9H2,(H,10,11).